The summed E-state index contributed by atoms with van der Waals surface area (Å²) in [7, 11) is 2.91. The van der Waals surface area contributed by atoms with Crippen LogP contribution in [0.2, 0.25) is 0 Å². The van der Waals surface area contributed by atoms with Crippen molar-refractivity contribution in [2.75, 3.05) is 20.8 Å². The third-order valence-corrected chi connectivity index (χ3v) is 3.40. The lowest BCUT2D eigenvalue weighted by molar-refractivity contribution is -0.143. The summed E-state index contributed by atoms with van der Waals surface area (Å²) in [5, 5.41) is 2.97. The van der Waals surface area contributed by atoms with Gasteiger partial charge in [0.05, 0.1) is 20.8 Å². The Balaban J connectivity index is 2.42. The molecule has 2 rings (SSSR count). The molecule has 1 aliphatic heterocycles. The number of fused-ring (bicyclic) bond motifs is 1. The highest BCUT2D eigenvalue weighted by Gasteiger charge is 2.28. The molecule has 2 atom stereocenters. The molecule has 112 valence electrons. The van der Waals surface area contributed by atoms with Gasteiger partial charge in [0, 0.05) is 17.5 Å². The van der Waals surface area contributed by atoms with Crippen molar-refractivity contribution in [3.05, 3.63) is 23.3 Å². The first kappa shape index (κ1) is 15.2. The molecule has 0 saturated carbocycles. The van der Waals surface area contributed by atoms with Crippen LogP contribution in [0.4, 0.5) is 0 Å². The van der Waals surface area contributed by atoms with Gasteiger partial charge < -0.3 is 14.2 Å². The van der Waals surface area contributed by atoms with Gasteiger partial charge in [0.15, 0.2) is 0 Å². The minimum absolute atomic E-state index is 0.121. The number of carbonyl (C=O) groups is 1. The van der Waals surface area contributed by atoms with Crippen LogP contribution in [0.3, 0.4) is 0 Å². The van der Waals surface area contributed by atoms with E-state index in [0.717, 1.165) is 17.7 Å². The molecule has 21 heavy (non-hydrogen) atoms. The van der Waals surface area contributed by atoms with Gasteiger partial charge in [-0.3, -0.25) is 5.32 Å². The van der Waals surface area contributed by atoms with Crippen LogP contribution >= 0.6 is 0 Å². The number of benzene rings is 1. The molecule has 1 heterocycles. The molecule has 0 aromatic heterocycles. The molecule has 0 bridgehead atoms. The van der Waals surface area contributed by atoms with Gasteiger partial charge in [-0.1, -0.05) is 5.92 Å². The summed E-state index contributed by atoms with van der Waals surface area (Å²) in [5.41, 5.74) is 1.73. The number of hydrogen-bond acceptors (Lipinski definition) is 5. The van der Waals surface area contributed by atoms with Crippen LogP contribution in [-0.2, 0) is 16.0 Å². The fourth-order valence-corrected chi connectivity index (χ4v) is 2.46. The van der Waals surface area contributed by atoms with Gasteiger partial charge >= 0.3 is 5.97 Å². The Hall–Kier alpha value is -2.19. The quantitative estimate of drug-likeness (QED) is 0.657. The average molecular weight is 289 g/mol. The van der Waals surface area contributed by atoms with Gasteiger partial charge in [0.2, 0.25) is 0 Å². The third-order valence-electron chi connectivity index (χ3n) is 3.40. The summed E-state index contributed by atoms with van der Waals surface area (Å²) in [6.07, 6.45) is 6.20. The summed E-state index contributed by atoms with van der Waals surface area (Å²) >= 11 is 0. The molecule has 0 amide bonds. The van der Waals surface area contributed by atoms with Crippen molar-refractivity contribution in [1.29, 1.82) is 0 Å². The van der Waals surface area contributed by atoms with Crippen molar-refractivity contribution in [3.8, 4) is 23.8 Å². The van der Waals surface area contributed by atoms with Crippen LogP contribution in [0.1, 0.15) is 24.1 Å². The zero-order chi connectivity index (χ0) is 15.4. The molecule has 0 fully saturated rings. The molecule has 0 saturated heterocycles. The normalized spacial score (nSPS) is 17.3. The second-order valence-electron chi connectivity index (χ2n) is 4.88. The Bertz CT molecular complexity index is 576. The molecule has 2 unspecified atom stereocenters. The first-order chi connectivity index (χ1) is 10.1. The maximum absolute atomic E-state index is 12.0. The zero-order valence-electron chi connectivity index (χ0n) is 12.4. The van der Waals surface area contributed by atoms with E-state index in [4.69, 9.17) is 20.6 Å². The lowest BCUT2D eigenvalue weighted by atomic mass is 10.0. The highest BCUT2D eigenvalue weighted by molar-refractivity contribution is 5.79. The standard InChI is InChI=1S/C16H19NO4/c1-5-6-17-15(16(18)20-4)12-9-13-11(7-10(2)21-13)8-14(12)19-3/h1,8-10,15,17H,6-7H2,2-4H3. The van der Waals surface area contributed by atoms with Crippen LogP contribution in [0.5, 0.6) is 11.5 Å². The van der Waals surface area contributed by atoms with E-state index < -0.39 is 12.0 Å². The van der Waals surface area contributed by atoms with Crippen LogP contribution in [-0.4, -0.2) is 32.8 Å². The Kier molecular flexibility index (Phi) is 4.71. The Morgan fingerprint density at radius 3 is 2.95 bits per heavy atom. The number of hydrogen-bond donors (Lipinski definition) is 1. The Labute approximate surface area is 124 Å². The van der Waals surface area contributed by atoms with Gasteiger partial charge in [0.1, 0.15) is 23.6 Å². The van der Waals surface area contributed by atoms with Gasteiger partial charge in [0.25, 0.3) is 0 Å². The van der Waals surface area contributed by atoms with Crippen molar-refractivity contribution in [3.63, 3.8) is 0 Å². The summed E-state index contributed by atoms with van der Waals surface area (Å²) in [6.45, 7) is 2.25. The van der Waals surface area contributed by atoms with Crippen molar-refractivity contribution >= 4 is 5.97 Å². The Morgan fingerprint density at radius 2 is 2.33 bits per heavy atom. The minimum atomic E-state index is -0.689. The average Bonchev–Trinajstić information content (AvgIpc) is 2.85. The number of terminal acetylenes is 1. The van der Waals surface area contributed by atoms with E-state index in [-0.39, 0.29) is 12.6 Å². The number of nitrogens with one attached hydrogen (secondary N) is 1. The van der Waals surface area contributed by atoms with Crippen molar-refractivity contribution in [2.24, 2.45) is 0 Å². The van der Waals surface area contributed by atoms with Crippen LogP contribution in [0.15, 0.2) is 12.1 Å². The fourth-order valence-electron chi connectivity index (χ4n) is 2.46. The van der Waals surface area contributed by atoms with E-state index >= 15 is 0 Å². The van der Waals surface area contributed by atoms with Crippen molar-refractivity contribution in [1.82, 2.24) is 5.32 Å². The molecule has 0 radical (unpaired) electrons. The smallest absolute Gasteiger partial charge is 0.327 e. The van der Waals surface area contributed by atoms with Gasteiger partial charge in [-0.05, 0) is 19.1 Å². The molecule has 5 heteroatoms. The zero-order valence-corrected chi connectivity index (χ0v) is 12.4. The lowest BCUT2D eigenvalue weighted by Crippen LogP contribution is -2.30. The maximum atomic E-state index is 12.0. The molecule has 1 aliphatic rings. The van der Waals surface area contributed by atoms with E-state index in [1.165, 1.54) is 7.11 Å². The van der Waals surface area contributed by atoms with E-state index in [1.54, 1.807) is 7.11 Å². The molecule has 0 aliphatic carbocycles. The summed E-state index contributed by atoms with van der Waals surface area (Å²) < 4.78 is 16.0. The predicted octanol–water partition coefficient (Wildman–Crippen LogP) is 1.46. The predicted molar refractivity (Wildman–Crippen MR) is 78.4 cm³/mol. The second-order valence-corrected chi connectivity index (χ2v) is 4.88. The third kappa shape index (κ3) is 3.11. The largest absolute Gasteiger partial charge is 0.496 e. The first-order valence-corrected chi connectivity index (χ1v) is 6.72. The van der Waals surface area contributed by atoms with E-state index in [0.29, 0.717) is 11.3 Å². The maximum Gasteiger partial charge on any atom is 0.327 e. The van der Waals surface area contributed by atoms with Crippen LogP contribution in [0.25, 0.3) is 0 Å². The SMILES string of the molecule is C#CCNC(C(=O)OC)c1cc2c(cc1OC)CC(C)O2. The van der Waals surface area contributed by atoms with Crippen LogP contribution in [0, 0.1) is 12.3 Å². The monoisotopic (exact) mass is 289 g/mol. The molecular formula is C16H19NO4. The highest BCUT2D eigenvalue weighted by Crippen LogP contribution is 2.37. The first-order valence-electron chi connectivity index (χ1n) is 6.72. The number of carbonyl (C=O) groups excluding carboxylic acids is 1. The molecule has 1 aromatic carbocycles. The number of rotatable bonds is 5. The summed E-state index contributed by atoms with van der Waals surface area (Å²) in [5.74, 6) is 3.42. The fraction of sp³-hybridized carbons (Fsp3) is 0.438. The molecule has 1 N–H and O–H groups in total. The van der Waals surface area contributed by atoms with E-state index in [1.807, 2.05) is 19.1 Å². The van der Waals surface area contributed by atoms with Crippen LogP contribution < -0.4 is 14.8 Å². The molecule has 5 nitrogen and oxygen atoms in total. The molecule has 0 spiro atoms. The van der Waals surface area contributed by atoms with Gasteiger partial charge in [-0.25, -0.2) is 4.79 Å². The second kappa shape index (κ2) is 6.51. The van der Waals surface area contributed by atoms with Crippen molar-refractivity contribution in [2.45, 2.75) is 25.5 Å². The van der Waals surface area contributed by atoms with Gasteiger partial charge in [-0.15, -0.1) is 6.42 Å². The minimum Gasteiger partial charge on any atom is -0.496 e. The lowest BCUT2D eigenvalue weighted by Gasteiger charge is -2.19. The summed E-state index contributed by atoms with van der Waals surface area (Å²) in [6, 6.07) is 3.04. The summed E-state index contributed by atoms with van der Waals surface area (Å²) in [4.78, 5) is 12.0. The molecule has 1 aromatic rings. The van der Waals surface area contributed by atoms with Crippen molar-refractivity contribution < 1.29 is 19.0 Å². The number of esters is 1. The number of methoxy groups -OCH3 is 2. The highest BCUT2D eigenvalue weighted by atomic mass is 16.5. The molecular weight excluding hydrogens is 270 g/mol. The number of ether oxygens (including phenoxy) is 3. The van der Waals surface area contributed by atoms with E-state index in [9.17, 15) is 4.79 Å². The Morgan fingerprint density at radius 1 is 1.57 bits per heavy atom. The van der Waals surface area contributed by atoms with Gasteiger partial charge in [-0.2, -0.15) is 0 Å². The topological polar surface area (TPSA) is 56.8 Å². The van der Waals surface area contributed by atoms with E-state index in [2.05, 4.69) is 11.2 Å².